The first-order valence-corrected chi connectivity index (χ1v) is 17.2. The monoisotopic (exact) mass is 698 g/mol. The van der Waals surface area contributed by atoms with Gasteiger partial charge in [0, 0.05) is 18.9 Å². The van der Waals surface area contributed by atoms with Gasteiger partial charge in [-0.05, 0) is 48.4 Å². The van der Waals surface area contributed by atoms with Gasteiger partial charge in [0.1, 0.15) is 36.8 Å². The molecule has 2 aliphatic heterocycles. The molecular formula is C37H46N8O6. The standard InChI is InChI=1S/C37H46N8O6/c1-22(2)17-27-21-50-28-13-11-26(12-14-28)19-29(42-37(49)31-15-16-38-51-31)35(47)41-30(18-25-9-7-6-8-10-25)36(48)43-33(23(3)4)34-39-24(5)44-45(34)20-32(46)40-27/h6-16,22-23,27,29-30,33H,17-21H2,1-5H3,(H,40,46)(H,41,47)(H,42,49)(H,43,48)/t27-,29-,30-,33-/m0/s1. The molecule has 0 saturated carbocycles. The molecule has 14 nitrogen and oxygen atoms in total. The van der Waals surface area contributed by atoms with Gasteiger partial charge in [-0.15, -0.1) is 0 Å². The molecule has 51 heavy (non-hydrogen) atoms. The molecule has 2 aromatic carbocycles. The fraction of sp³-hybridized carbons (Fsp3) is 0.432. The maximum atomic E-state index is 14.2. The van der Waals surface area contributed by atoms with Crippen LogP contribution < -0.4 is 26.0 Å². The number of amides is 4. The molecule has 2 aliphatic rings. The first kappa shape index (κ1) is 36.7. The molecule has 0 saturated heterocycles. The van der Waals surface area contributed by atoms with Crippen LogP contribution in [0, 0.1) is 18.8 Å². The zero-order valence-electron chi connectivity index (χ0n) is 29.6. The molecule has 4 aromatic rings. The van der Waals surface area contributed by atoms with Gasteiger partial charge in [-0.2, -0.15) is 5.10 Å². The van der Waals surface area contributed by atoms with Crippen molar-refractivity contribution in [3.05, 3.63) is 95.4 Å². The van der Waals surface area contributed by atoms with Crippen molar-refractivity contribution in [2.24, 2.45) is 11.8 Å². The second kappa shape index (κ2) is 16.9. The molecule has 0 radical (unpaired) electrons. The van der Waals surface area contributed by atoms with E-state index in [1.807, 2.05) is 44.2 Å². The molecule has 6 rings (SSSR count). The number of benzene rings is 2. The average Bonchev–Trinajstić information content (AvgIpc) is 3.76. The minimum Gasteiger partial charge on any atom is -0.491 e. The molecule has 0 aliphatic carbocycles. The number of hydrogen-bond acceptors (Lipinski definition) is 9. The Labute approximate surface area is 297 Å². The molecule has 4 atom stereocenters. The highest BCUT2D eigenvalue weighted by Gasteiger charge is 2.32. The van der Waals surface area contributed by atoms with Crippen LogP contribution in [0.1, 0.15) is 73.5 Å². The van der Waals surface area contributed by atoms with Crippen LogP contribution in [0.5, 0.6) is 5.75 Å². The molecule has 14 heteroatoms. The Morgan fingerprint density at radius 3 is 2.37 bits per heavy atom. The lowest BCUT2D eigenvalue weighted by atomic mass is 10.00. The topological polar surface area (TPSA) is 182 Å². The maximum absolute atomic E-state index is 14.2. The Morgan fingerprint density at radius 1 is 0.961 bits per heavy atom. The zero-order chi connectivity index (χ0) is 36.5. The first-order valence-electron chi connectivity index (χ1n) is 17.2. The number of nitrogens with one attached hydrogen (secondary N) is 4. The summed E-state index contributed by atoms with van der Waals surface area (Å²) in [5.74, 6) is -0.410. The van der Waals surface area contributed by atoms with Crippen molar-refractivity contribution in [2.45, 2.75) is 84.6 Å². The SMILES string of the molecule is Cc1nc2n(n1)CC(=O)N[C@@H](CC(C)C)COc1ccc(cc1)C[C@H](NC(=O)c1ccno1)C(=O)N[C@@H](Cc1ccccc1)C(=O)N[C@H]2C(C)C. The predicted molar refractivity (Wildman–Crippen MR) is 187 cm³/mol. The third-order valence-electron chi connectivity index (χ3n) is 8.48. The summed E-state index contributed by atoms with van der Waals surface area (Å²) in [6.07, 6.45) is 2.30. The zero-order valence-corrected chi connectivity index (χ0v) is 29.6. The van der Waals surface area contributed by atoms with E-state index in [2.05, 4.69) is 50.4 Å². The highest BCUT2D eigenvalue weighted by Crippen LogP contribution is 2.22. The fourth-order valence-electron chi connectivity index (χ4n) is 6.01. The van der Waals surface area contributed by atoms with Crippen molar-refractivity contribution in [3.63, 3.8) is 0 Å². The minimum absolute atomic E-state index is 0.0567. The Balaban J connectivity index is 1.53. The summed E-state index contributed by atoms with van der Waals surface area (Å²) in [6.45, 7) is 9.85. The van der Waals surface area contributed by atoms with Crippen molar-refractivity contribution in [1.82, 2.24) is 41.2 Å². The summed E-state index contributed by atoms with van der Waals surface area (Å²) in [7, 11) is 0. The summed E-state index contributed by atoms with van der Waals surface area (Å²) in [5, 5.41) is 19.9. The van der Waals surface area contributed by atoms with Gasteiger partial charge in [-0.1, -0.05) is 75.3 Å². The third-order valence-corrected chi connectivity index (χ3v) is 8.48. The molecule has 270 valence electrons. The number of carbonyl (C=O) groups is 4. The van der Waals surface area contributed by atoms with Gasteiger partial charge in [0.15, 0.2) is 5.82 Å². The molecule has 4 heterocycles. The summed E-state index contributed by atoms with van der Waals surface area (Å²) in [4.78, 5) is 59.4. The van der Waals surface area contributed by atoms with Crippen molar-refractivity contribution in [1.29, 1.82) is 0 Å². The molecule has 2 aromatic heterocycles. The smallest absolute Gasteiger partial charge is 0.290 e. The fourth-order valence-corrected chi connectivity index (χ4v) is 6.01. The van der Waals surface area contributed by atoms with Crippen LogP contribution >= 0.6 is 0 Å². The molecule has 4 N–H and O–H groups in total. The Bertz CT molecular complexity index is 1770. The van der Waals surface area contributed by atoms with Crippen LogP contribution in [0.15, 0.2) is 71.4 Å². The van der Waals surface area contributed by atoms with Crippen LogP contribution in [-0.4, -0.2) is 68.3 Å². The van der Waals surface area contributed by atoms with Gasteiger partial charge in [0.05, 0.1) is 18.3 Å². The van der Waals surface area contributed by atoms with E-state index in [1.165, 1.54) is 16.9 Å². The van der Waals surface area contributed by atoms with E-state index in [4.69, 9.17) is 9.26 Å². The highest BCUT2D eigenvalue weighted by atomic mass is 16.5. The van der Waals surface area contributed by atoms with E-state index >= 15 is 0 Å². The van der Waals surface area contributed by atoms with E-state index < -0.39 is 35.8 Å². The molecule has 2 bridgehead atoms. The third kappa shape index (κ3) is 10.2. The van der Waals surface area contributed by atoms with E-state index in [9.17, 15) is 19.2 Å². The van der Waals surface area contributed by atoms with E-state index in [-0.39, 0.29) is 55.5 Å². The van der Waals surface area contributed by atoms with Gasteiger partial charge in [-0.3, -0.25) is 19.2 Å². The van der Waals surface area contributed by atoms with E-state index in [0.29, 0.717) is 23.8 Å². The Kier molecular flexibility index (Phi) is 12.2. The van der Waals surface area contributed by atoms with Gasteiger partial charge >= 0.3 is 0 Å². The van der Waals surface area contributed by atoms with Gasteiger partial charge in [0.2, 0.25) is 23.5 Å². The minimum atomic E-state index is -1.08. The molecule has 0 unspecified atom stereocenters. The van der Waals surface area contributed by atoms with Gasteiger partial charge < -0.3 is 30.5 Å². The normalized spacial score (nSPS) is 20.6. The maximum Gasteiger partial charge on any atom is 0.290 e. The van der Waals surface area contributed by atoms with Crippen molar-refractivity contribution in [3.8, 4) is 5.75 Å². The molecule has 4 amide bonds. The van der Waals surface area contributed by atoms with Crippen LogP contribution in [0.25, 0.3) is 0 Å². The van der Waals surface area contributed by atoms with E-state index in [0.717, 1.165) is 11.1 Å². The lowest BCUT2D eigenvalue weighted by Crippen LogP contribution is -2.55. The van der Waals surface area contributed by atoms with Crippen LogP contribution in [0.3, 0.4) is 0 Å². The highest BCUT2D eigenvalue weighted by molar-refractivity contribution is 5.96. The van der Waals surface area contributed by atoms with Crippen LogP contribution in [0.2, 0.25) is 0 Å². The number of hydrogen-bond donors (Lipinski definition) is 4. The van der Waals surface area contributed by atoms with Crippen molar-refractivity contribution >= 4 is 23.6 Å². The molecule has 0 fully saturated rings. The molecular weight excluding hydrogens is 652 g/mol. The summed E-state index contributed by atoms with van der Waals surface area (Å²) in [6, 6.07) is 14.8. The second-order valence-corrected chi connectivity index (χ2v) is 13.6. The Morgan fingerprint density at radius 2 is 1.71 bits per heavy atom. The summed E-state index contributed by atoms with van der Waals surface area (Å²) < 4.78 is 12.7. The summed E-state index contributed by atoms with van der Waals surface area (Å²) in [5.41, 5.74) is 1.55. The van der Waals surface area contributed by atoms with Crippen LogP contribution in [-0.2, 0) is 33.8 Å². The van der Waals surface area contributed by atoms with Gasteiger partial charge in [0.25, 0.3) is 5.91 Å². The van der Waals surface area contributed by atoms with E-state index in [1.54, 1.807) is 31.2 Å². The summed E-state index contributed by atoms with van der Waals surface area (Å²) >= 11 is 0. The number of nitrogens with zero attached hydrogens (tertiary/aromatic N) is 4. The lowest BCUT2D eigenvalue weighted by Gasteiger charge is -2.27. The first-order chi connectivity index (χ1) is 24.4. The Hall–Kier alpha value is -5.53. The number of carbonyl (C=O) groups excluding carboxylic acids is 4. The quantitative estimate of drug-likeness (QED) is 0.225. The predicted octanol–water partition coefficient (Wildman–Crippen LogP) is 3.08. The number of aromatic nitrogens is 4. The molecule has 0 spiro atoms. The van der Waals surface area contributed by atoms with Crippen molar-refractivity contribution in [2.75, 3.05) is 6.61 Å². The number of ether oxygens (including phenoxy) is 1. The van der Waals surface area contributed by atoms with Crippen LogP contribution in [0.4, 0.5) is 0 Å². The second-order valence-electron chi connectivity index (χ2n) is 13.6. The lowest BCUT2D eigenvalue weighted by molar-refractivity contribution is -0.130. The number of aryl methyl sites for hydroxylation is 1. The average molecular weight is 699 g/mol. The van der Waals surface area contributed by atoms with Crippen molar-refractivity contribution < 1.29 is 28.4 Å². The van der Waals surface area contributed by atoms with Gasteiger partial charge in [-0.25, -0.2) is 9.67 Å². The number of fused-ring (bicyclic) bond motifs is 14. The largest absolute Gasteiger partial charge is 0.491 e. The number of rotatable bonds is 7.